The standard InChI is InChI=1S/C86H168O17P2/c1-8-9-10-11-12-13-14-15-16-17-18-19-23-26-29-32-38-46-53-60-67-83(88)96-73-81(102-85(90)69-62-55-48-39-33-30-27-24-21-20-22-25-28-31-36-43-50-57-64-77(2)3)75-100-104(92,93)98-71-80(87)72-99-105(94,95)101-76-82(74-97-84(89)68-61-54-47-42-41-45-52-59-66-79(6)7)103-86(91)70-63-56-49-40-35-34-37-44-51-58-65-78(4)5/h77-82,87H,8-76H2,1-7H3,(H,92,93)(H,94,95)/t80-,81-,82-/m1/s1. The Morgan fingerprint density at radius 1 is 0.257 bits per heavy atom. The van der Waals surface area contributed by atoms with Crippen molar-refractivity contribution in [2.75, 3.05) is 39.6 Å². The van der Waals surface area contributed by atoms with Crippen LogP contribution in [0.4, 0.5) is 0 Å². The molecule has 105 heavy (non-hydrogen) atoms. The molecule has 0 aromatic rings. The third kappa shape index (κ3) is 79.9. The number of phosphoric ester groups is 2. The van der Waals surface area contributed by atoms with Gasteiger partial charge in [0, 0.05) is 25.7 Å². The van der Waals surface area contributed by atoms with Crippen molar-refractivity contribution in [3.63, 3.8) is 0 Å². The second kappa shape index (κ2) is 76.1. The molecule has 0 saturated heterocycles. The number of ether oxygens (including phenoxy) is 4. The lowest BCUT2D eigenvalue weighted by atomic mass is 10.0. The van der Waals surface area contributed by atoms with Crippen LogP contribution in [0.15, 0.2) is 0 Å². The minimum absolute atomic E-state index is 0.106. The van der Waals surface area contributed by atoms with Crippen molar-refractivity contribution in [3.05, 3.63) is 0 Å². The molecule has 0 aliphatic heterocycles. The summed E-state index contributed by atoms with van der Waals surface area (Å²) in [5.41, 5.74) is 0. The van der Waals surface area contributed by atoms with Gasteiger partial charge < -0.3 is 33.8 Å². The zero-order valence-electron chi connectivity index (χ0n) is 69.2. The summed E-state index contributed by atoms with van der Waals surface area (Å²) in [6.45, 7) is 12.0. The highest BCUT2D eigenvalue weighted by atomic mass is 31.2. The van der Waals surface area contributed by atoms with Crippen molar-refractivity contribution in [1.29, 1.82) is 0 Å². The summed E-state index contributed by atoms with van der Waals surface area (Å²) in [6, 6.07) is 0. The van der Waals surface area contributed by atoms with Gasteiger partial charge in [-0.3, -0.25) is 37.3 Å². The van der Waals surface area contributed by atoms with E-state index in [1.54, 1.807) is 0 Å². The van der Waals surface area contributed by atoms with Gasteiger partial charge >= 0.3 is 39.5 Å². The Labute approximate surface area is 645 Å². The molecular formula is C86H168O17P2. The predicted octanol–water partition coefficient (Wildman–Crippen LogP) is 26.1. The highest BCUT2D eigenvalue weighted by Gasteiger charge is 2.30. The quantitative estimate of drug-likeness (QED) is 0.0222. The number of phosphoric acid groups is 2. The normalized spacial score (nSPS) is 13.9. The van der Waals surface area contributed by atoms with Crippen molar-refractivity contribution in [1.82, 2.24) is 0 Å². The van der Waals surface area contributed by atoms with E-state index in [0.29, 0.717) is 25.7 Å². The minimum atomic E-state index is -4.97. The number of rotatable bonds is 84. The highest BCUT2D eigenvalue weighted by molar-refractivity contribution is 7.47. The first-order chi connectivity index (χ1) is 50.7. The van der Waals surface area contributed by atoms with E-state index >= 15 is 0 Å². The van der Waals surface area contributed by atoms with Crippen LogP contribution in [0.5, 0.6) is 0 Å². The Balaban J connectivity index is 5.22. The van der Waals surface area contributed by atoms with E-state index in [2.05, 4.69) is 48.5 Å². The third-order valence-corrected chi connectivity index (χ3v) is 22.0. The minimum Gasteiger partial charge on any atom is -0.462 e. The molecule has 0 aromatic heterocycles. The van der Waals surface area contributed by atoms with Crippen LogP contribution in [0.3, 0.4) is 0 Å². The molecule has 2 unspecified atom stereocenters. The van der Waals surface area contributed by atoms with Gasteiger partial charge in [-0.1, -0.05) is 402 Å². The van der Waals surface area contributed by atoms with E-state index in [0.717, 1.165) is 108 Å². The van der Waals surface area contributed by atoms with Crippen molar-refractivity contribution in [3.8, 4) is 0 Å². The van der Waals surface area contributed by atoms with Crippen LogP contribution < -0.4 is 0 Å². The first-order valence-electron chi connectivity index (χ1n) is 44.3. The number of hydrogen-bond donors (Lipinski definition) is 3. The maximum Gasteiger partial charge on any atom is 0.472 e. The molecular weight excluding hydrogens is 1370 g/mol. The Morgan fingerprint density at radius 2 is 0.438 bits per heavy atom. The van der Waals surface area contributed by atoms with Gasteiger partial charge in [0.15, 0.2) is 12.2 Å². The molecule has 0 aliphatic carbocycles. The fraction of sp³-hybridized carbons (Fsp3) is 0.953. The third-order valence-electron chi connectivity index (χ3n) is 20.1. The van der Waals surface area contributed by atoms with Gasteiger partial charge in [-0.15, -0.1) is 0 Å². The molecule has 0 bridgehead atoms. The number of esters is 4. The van der Waals surface area contributed by atoms with Crippen molar-refractivity contribution in [2.45, 2.75) is 471 Å². The van der Waals surface area contributed by atoms with Crippen LogP contribution in [-0.4, -0.2) is 96.7 Å². The Bertz CT molecular complexity index is 2030. The summed E-state index contributed by atoms with van der Waals surface area (Å²) in [6.07, 6.45) is 66.8. The van der Waals surface area contributed by atoms with E-state index in [4.69, 9.17) is 37.0 Å². The van der Waals surface area contributed by atoms with Gasteiger partial charge in [0.1, 0.15) is 19.3 Å². The van der Waals surface area contributed by atoms with E-state index in [1.807, 2.05) is 0 Å². The van der Waals surface area contributed by atoms with Crippen molar-refractivity contribution in [2.24, 2.45) is 17.8 Å². The molecule has 0 fully saturated rings. The summed E-state index contributed by atoms with van der Waals surface area (Å²) in [5.74, 6) is 0.192. The number of carbonyl (C=O) groups excluding carboxylic acids is 4. The first-order valence-corrected chi connectivity index (χ1v) is 47.3. The number of aliphatic hydroxyl groups is 1. The molecule has 0 heterocycles. The molecule has 624 valence electrons. The molecule has 19 heteroatoms. The summed E-state index contributed by atoms with van der Waals surface area (Å²) in [7, 11) is -9.93. The molecule has 0 aromatic carbocycles. The maximum atomic E-state index is 13.1. The van der Waals surface area contributed by atoms with Crippen LogP contribution in [0.25, 0.3) is 0 Å². The monoisotopic (exact) mass is 1540 g/mol. The maximum absolute atomic E-state index is 13.1. The zero-order chi connectivity index (χ0) is 77.2. The Hall–Kier alpha value is -1.94. The van der Waals surface area contributed by atoms with E-state index in [9.17, 15) is 43.2 Å². The van der Waals surface area contributed by atoms with Gasteiger partial charge in [-0.05, 0) is 43.4 Å². The average Bonchev–Trinajstić information content (AvgIpc) is 0.933. The summed E-state index contributed by atoms with van der Waals surface area (Å²) >= 11 is 0. The van der Waals surface area contributed by atoms with Gasteiger partial charge in [-0.2, -0.15) is 0 Å². The Morgan fingerprint density at radius 3 is 0.648 bits per heavy atom. The number of carbonyl (C=O) groups is 4. The fourth-order valence-corrected chi connectivity index (χ4v) is 14.9. The van der Waals surface area contributed by atoms with Gasteiger partial charge in [0.2, 0.25) is 0 Å². The van der Waals surface area contributed by atoms with Crippen LogP contribution in [-0.2, 0) is 65.4 Å². The fourth-order valence-electron chi connectivity index (χ4n) is 13.4. The van der Waals surface area contributed by atoms with E-state index < -0.39 is 97.5 Å². The Kier molecular flexibility index (Phi) is 74.7. The molecule has 0 saturated carbocycles. The SMILES string of the molecule is CCCCCCCCCCCCCCCCCCCCCCC(=O)OC[C@H](COP(=O)(O)OC[C@@H](O)COP(=O)(O)OC[C@@H](COC(=O)CCCCCCCCCCC(C)C)OC(=O)CCCCCCCCCCCCC(C)C)OC(=O)CCCCCCCCCCCCCCCCCCCCC(C)C. The first kappa shape index (κ1) is 103. The van der Waals surface area contributed by atoms with Crippen LogP contribution in [0.1, 0.15) is 453 Å². The van der Waals surface area contributed by atoms with Crippen LogP contribution in [0, 0.1) is 17.8 Å². The van der Waals surface area contributed by atoms with Gasteiger partial charge in [0.05, 0.1) is 26.4 Å². The lowest BCUT2D eigenvalue weighted by Crippen LogP contribution is -2.30. The highest BCUT2D eigenvalue weighted by Crippen LogP contribution is 2.45. The van der Waals surface area contributed by atoms with Crippen LogP contribution >= 0.6 is 15.6 Å². The van der Waals surface area contributed by atoms with E-state index in [-0.39, 0.29) is 25.7 Å². The summed E-state index contributed by atoms with van der Waals surface area (Å²) < 4.78 is 68.9. The number of hydrogen-bond acceptors (Lipinski definition) is 15. The summed E-state index contributed by atoms with van der Waals surface area (Å²) in [5, 5.41) is 10.7. The average molecular weight is 1540 g/mol. The van der Waals surface area contributed by atoms with Gasteiger partial charge in [0.25, 0.3) is 0 Å². The molecule has 0 aliphatic rings. The number of unbranched alkanes of at least 4 members (excludes halogenated alkanes) is 52. The second-order valence-corrected chi connectivity index (χ2v) is 35.3. The smallest absolute Gasteiger partial charge is 0.462 e. The number of aliphatic hydroxyl groups excluding tert-OH is 1. The molecule has 5 atom stereocenters. The second-order valence-electron chi connectivity index (χ2n) is 32.4. The lowest BCUT2D eigenvalue weighted by molar-refractivity contribution is -0.161. The van der Waals surface area contributed by atoms with Crippen LogP contribution in [0.2, 0.25) is 0 Å². The molecule has 0 radical (unpaired) electrons. The predicted molar refractivity (Wildman–Crippen MR) is 432 cm³/mol. The lowest BCUT2D eigenvalue weighted by Gasteiger charge is -2.21. The molecule has 3 N–H and O–H groups in total. The summed E-state index contributed by atoms with van der Waals surface area (Å²) in [4.78, 5) is 73.2. The molecule has 0 amide bonds. The van der Waals surface area contributed by atoms with Crippen molar-refractivity contribution >= 4 is 39.5 Å². The molecule has 0 rings (SSSR count). The van der Waals surface area contributed by atoms with Gasteiger partial charge in [-0.25, -0.2) is 9.13 Å². The zero-order valence-corrected chi connectivity index (χ0v) is 71.0. The molecule has 0 spiro atoms. The van der Waals surface area contributed by atoms with Crippen molar-refractivity contribution < 1.29 is 80.2 Å². The van der Waals surface area contributed by atoms with E-state index in [1.165, 1.54) is 263 Å². The topological polar surface area (TPSA) is 237 Å². The molecule has 17 nitrogen and oxygen atoms in total. The largest absolute Gasteiger partial charge is 0.472 e.